The molecule has 0 atom stereocenters. The largest absolute Gasteiger partial charge is 0.486 e. The van der Waals surface area contributed by atoms with Gasteiger partial charge in [-0.1, -0.05) is 18.9 Å². The molecule has 0 spiro atoms. The van der Waals surface area contributed by atoms with Gasteiger partial charge in [0.2, 0.25) is 0 Å². The summed E-state index contributed by atoms with van der Waals surface area (Å²) >= 11 is 0. The normalized spacial score (nSPS) is 18.1. The van der Waals surface area contributed by atoms with E-state index in [0.717, 1.165) is 58.1 Å². The molecule has 2 aromatic carbocycles. The highest BCUT2D eigenvalue weighted by molar-refractivity contribution is 5.72. The molecule has 2 fully saturated rings. The number of rotatable bonds is 5. The maximum atomic E-state index is 15.1. The van der Waals surface area contributed by atoms with Gasteiger partial charge >= 0.3 is 0 Å². The monoisotopic (exact) mass is 509 g/mol. The third-order valence-electron chi connectivity index (χ3n) is 7.58. The average molecular weight is 510 g/mol. The predicted octanol–water partition coefficient (Wildman–Crippen LogP) is 4.70. The number of aromatic nitrogens is 2. The Hall–Kier alpha value is -3.33. The van der Waals surface area contributed by atoms with E-state index in [1.807, 2.05) is 11.0 Å². The van der Waals surface area contributed by atoms with Gasteiger partial charge < -0.3 is 19.9 Å². The Morgan fingerprint density at radius 3 is 2.51 bits per heavy atom. The quantitative estimate of drug-likeness (QED) is 0.538. The molecule has 3 aliphatic rings. The zero-order valence-electron chi connectivity index (χ0n) is 20.7. The fourth-order valence-corrected chi connectivity index (χ4v) is 5.73. The first-order valence-electron chi connectivity index (χ1n) is 13.1. The predicted molar refractivity (Wildman–Crippen MR) is 137 cm³/mol. The Morgan fingerprint density at radius 1 is 0.919 bits per heavy atom. The number of benzene rings is 2. The van der Waals surface area contributed by atoms with Crippen molar-refractivity contribution < 1.29 is 17.9 Å². The van der Waals surface area contributed by atoms with Gasteiger partial charge in [-0.05, 0) is 42.7 Å². The minimum Gasteiger partial charge on any atom is -0.486 e. The summed E-state index contributed by atoms with van der Waals surface area (Å²) in [6, 6.07) is 8.49. The lowest BCUT2D eigenvalue weighted by atomic mass is 10.1. The van der Waals surface area contributed by atoms with E-state index in [-0.39, 0.29) is 23.7 Å². The van der Waals surface area contributed by atoms with E-state index < -0.39 is 11.6 Å². The Balaban J connectivity index is 1.28. The molecule has 0 amide bonds. The van der Waals surface area contributed by atoms with Crippen LogP contribution in [0.4, 0.5) is 24.5 Å². The summed E-state index contributed by atoms with van der Waals surface area (Å²) in [6.45, 7) is 4.24. The fraction of sp³-hybridized carbons (Fsp3) is 0.429. The molecule has 3 aromatic rings. The number of nitrogens with zero attached hydrogens (tertiary/aromatic N) is 4. The van der Waals surface area contributed by atoms with E-state index in [2.05, 4.69) is 20.2 Å². The fourth-order valence-electron chi connectivity index (χ4n) is 5.73. The van der Waals surface area contributed by atoms with Crippen molar-refractivity contribution in [2.45, 2.75) is 38.1 Å². The molecule has 0 unspecified atom stereocenters. The molecule has 1 saturated carbocycles. The van der Waals surface area contributed by atoms with Crippen molar-refractivity contribution in [3.63, 3.8) is 0 Å². The topological polar surface area (TPSA) is 53.5 Å². The molecule has 6 rings (SSSR count). The number of hydrogen-bond acceptors (Lipinski definition) is 6. The van der Waals surface area contributed by atoms with Crippen LogP contribution < -0.4 is 19.9 Å². The lowest BCUT2D eigenvalue weighted by molar-refractivity contribution is 0.285. The summed E-state index contributed by atoms with van der Waals surface area (Å²) in [5.74, 6) is -0.900. The lowest BCUT2D eigenvalue weighted by Crippen LogP contribution is -2.43. The standard InChI is InChI=1S/C28H30F3N5O/c29-21-13-18(5-6-24(21)35-9-7-32-8-10-35)14-26-33-17-23(31)27(34-26)19-15-22(30)28-25(16-19)36(11-12-37-28)20-3-1-2-4-20/h5-6,13,15-17,20,32H,1-4,7-12,14H2. The van der Waals surface area contributed by atoms with Gasteiger partial charge in [-0.15, -0.1) is 0 Å². The van der Waals surface area contributed by atoms with Crippen molar-refractivity contribution in [2.24, 2.45) is 0 Å². The van der Waals surface area contributed by atoms with Crippen LogP contribution in [-0.2, 0) is 6.42 Å². The van der Waals surface area contributed by atoms with Crippen molar-refractivity contribution in [3.05, 3.63) is 65.4 Å². The van der Waals surface area contributed by atoms with Crippen molar-refractivity contribution in [1.82, 2.24) is 15.3 Å². The van der Waals surface area contributed by atoms with Gasteiger partial charge in [-0.2, -0.15) is 0 Å². The third kappa shape index (κ3) is 4.84. The highest BCUT2D eigenvalue weighted by atomic mass is 19.1. The Labute approximate surface area is 214 Å². The molecule has 2 aliphatic heterocycles. The molecule has 0 radical (unpaired) electrons. The van der Waals surface area contributed by atoms with Gasteiger partial charge in [0.05, 0.1) is 24.1 Å². The molecule has 194 valence electrons. The molecule has 9 heteroatoms. The number of piperazine rings is 1. The second-order valence-electron chi connectivity index (χ2n) is 9.97. The molecule has 1 aromatic heterocycles. The highest BCUT2D eigenvalue weighted by Gasteiger charge is 2.30. The average Bonchev–Trinajstić information content (AvgIpc) is 3.45. The number of nitrogens with one attached hydrogen (secondary N) is 1. The Kier molecular flexibility index (Phi) is 6.63. The third-order valence-corrected chi connectivity index (χ3v) is 7.58. The van der Waals surface area contributed by atoms with Crippen LogP contribution in [0.5, 0.6) is 5.75 Å². The van der Waals surface area contributed by atoms with Crippen molar-refractivity contribution in [2.75, 3.05) is 49.1 Å². The van der Waals surface area contributed by atoms with Crippen LogP contribution in [0.15, 0.2) is 36.5 Å². The maximum Gasteiger partial charge on any atom is 0.178 e. The zero-order valence-corrected chi connectivity index (χ0v) is 20.7. The van der Waals surface area contributed by atoms with Crippen LogP contribution in [0.1, 0.15) is 37.1 Å². The smallest absolute Gasteiger partial charge is 0.178 e. The number of halogens is 3. The van der Waals surface area contributed by atoms with Gasteiger partial charge in [-0.3, -0.25) is 0 Å². The van der Waals surface area contributed by atoms with E-state index in [1.54, 1.807) is 12.1 Å². The van der Waals surface area contributed by atoms with Crippen LogP contribution >= 0.6 is 0 Å². The molecule has 0 bridgehead atoms. The molecule has 6 nitrogen and oxygen atoms in total. The lowest BCUT2D eigenvalue weighted by Gasteiger charge is -2.36. The molecule has 1 N–H and O–H groups in total. The van der Waals surface area contributed by atoms with Crippen molar-refractivity contribution in [1.29, 1.82) is 0 Å². The summed E-state index contributed by atoms with van der Waals surface area (Å²) in [5.41, 5.74) is 2.28. The van der Waals surface area contributed by atoms with Crippen LogP contribution in [0, 0.1) is 17.5 Å². The summed E-state index contributed by atoms with van der Waals surface area (Å²) in [6.07, 6.45) is 5.76. The first-order chi connectivity index (χ1) is 18.1. The molecule has 3 heterocycles. The highest BCUT2D eigenvalue weighted by Crippen LogP contribution is 2.41. The second kappa shape index (κ2) is 10.2. The van der Waals surface area contributed by atoms with E-state index in [0.29, 0.717) is 47.5 Å². The summed E-state index contributed by atoms with van der Waals surface area (Å²) in [5, 5.41) is 3.26. The summed E-state index contributed by atoms with van der Waals surface area (Å²) in [7, 11) is 0. The van der Waals surface area contributed by atoms with Gasteiger partial charge in [0.25, 0.3) is 0 Å². The Morgan fingerprint density at radius 2 is 1.73 bits per heavy atom. The minimum atomic E-state index is -0.632. The number of ether oxygens (including phenoxy) is 1. The van der Waals surface area contributed by atoms with Crippen LogP contribution in [0.2, 0.25) is 0 Å². The number of hydrogen-bond donors (Lipinski definition) is 1. The molecule has 1 aliphatic carbocycles. The van der Waals surface area contributed by atoms with Gasteiger partial charge in [0.15, 0.2) is 17.4 Å². The molecular weight excluding hydrogens is 479 g/mol. The summed E-state index contributed by atoms with van der Waals surface area (Å²) < 4.78 is 50.6. The van der Waals surface area contributed by atoms with E-state index in [4.69, 9.17) is 4.74 Å². The molecule has 1 saturated heterocycles. The SMILES string of the molecule is Fc1cc(Cc2ncc(F)c(-c3cc(F)c4c(c3)N(C3CCCC3)CCO4)n2)ccc1N1CCNCC1. The van der Waals surface area contributed by atoms with Gasteiger partial charge in [0, 0.05) is 44.2 Å². The van der Waals surface area contributed by atoms with E-state index in [9.17, 15) is 8.78 Å². The van der Waals surface area contributed by atoms with Crippen molar-refractivity contribution in [3.8, 4) is 17.0 Å². The van der Waals surface area contributed by atoms with Gasteiger partial charge in [0.1, 0.15) is 23.9 Å². The first kappa shape index (κ1) is 24.0. The van der Waals surface area contributed by atoms with Crippen molar-refractivity contribution >= 4 is 11.4 Å². The van der Waals surface area contributed by atoms with E-state index >= 15 is 4.39 Å². The molecular formula is C28H30F3N5O. The summed E-state index contributed by atoms with van der Waals surface area (Å²) in [4.78, 5) is 12.8. The van der Waals surface area contributed by atoms with Crippen LogP contribution in [-0.4, -0.2) is 55.3 Å². The maximum absolute atomic E-state index is 15.1. The number of anilines is 2. The zero-order chi connectivity index (χ0) is 25.4. The number of fused-ring (bicyclic) bond motifs is 1. The first-order valence-corrected chi connectivity index (χ1v) is 13.1. The van der Waals surface area contributed by atoms with Crippen LogP contribution in [0.3, 0.4) is 0 Å². The van der Waals surface area contributed by atoms with Crippen LogP contribution in [0.25, 0.3) is 11.3 Å². The minimum absolute atomic E-state index is 0.0292. The molecule has 37 heavy (non-hydrogen) atoms. The van der Waals surface area contributed by atoms with E-state index in [1.165, 1.54) is 12.1 Å². The Bertz CT molecular complexity index is 1290. The van der Waals surface area contributed by atoms with Gasteiger partial charge in [-0.25, -0.2) is 23.1 Å². The second-order valence-corrected chi connectivity index (χ2v) is 9.97.